The molecule has 1 saturated heterocycles. The summed E-state index contributed by atoms with van der Waals surface area (Å²) in [4.78, 5) is 31.6. The van der Waals surface area contributed by atoms with Gasteiger partial charge < -0.3 is 4.74 Å². The molecule has 1 aromatic carbocycles. The number of fused-ring (bicyclic) bond motifs is 1. The van der Waals surface area contributed by atoms with Crippen molar-refractivity contribution in [1.82, 2.24) is 4.90 Å². The minimum Gasteiger partial charge on any atom is -0.463 e. The van der Waals surface area contributed by atoms with Crippen molar-refractivity contribution in [3.63, 3.8) is 0 Å². The Hall–Kier alpha value is -2.08. The minimum atomic E-state index is -0.478. The molecule has 2 aliphatic heterocycles. The van der Waals surface area contributed by atoms with Gasteiger partial charge in [-0.15, -0.1) is 0 Å². The van der Waals surface area contributed by atoms with Gasteiger partial charge in [0.25, 0.3) is 0 Å². The molecule has 0 radical (unpaired) electrons. The van der Waals surface area contributed by atoms with Gasteiger partial charge in [-0.1, -0.05) is 49.0 Å². The van der Waals surface area contributed by atoms with Crippen LogP contribution in [0.3, 0.4) is 0 Å². The van der Waals surface area contributed by atoms with Gasteiger partial charge in [0.2, 0.25) is 5.91 Å². The molecular formula is C18H20N2O3S. The summed E-state index contributed by atoms with van der Waals surface area (Å²) in [5.74, 6) is -0.409. The van der Waals surface area contributed by atoms with Crippen LogP contribution >= 0.6 is 11.8 Å². The fraction of sp³-hybridized carbons (Fsp3) is 0.389. The first-order valence-corrected chi connectivity index (χ1v) is 8.97. The molecule has 5 nitrogen and oxygen atoms in total. The second-order valence-electron chi connectivity index (χ2n) is 5.65. The van der Waals surface area contributed by atoms with Gasteiger partial charge in [-0.05, 0) is 25.8 Å². The third-order valence-corrected chi connectivity index (χ3v) is 5.45. The van der Waals surface area contributed by atoms with Crippen LogP contribution in [0, 0.1) is 0 Å². The van der Waals surface area contributed by atoms with E-state index in [1.807, 2.05) is 37.3 Å². The van der Waals surface area contributed by atoms with Crippen molar-refractivity contribution in [2.24, 2.45) is 4.99 Å². The van der Waals surface area contributed by atoms with Gasteiger partial charge >= 0.3 is 5.97 Å². The van der Waals surface area contributed by atoms with Crippen LogP contribution in [0.2, 0.25) is 0 Å². The van der Waals surface area contributed by atoms with E-state index >= 15 is 0 Å². The summed E-state index contributed by atoms with van der Waals surface area (Å²) in [5.41, 5.74) is 1.95. The number of aliphatic imine (C=N–C) groups is 1. The first-order chi connectivity index (χ1) is 11.6. The molecule has 0 aliphatic carbocycles. The van der Waals surface area contributed by atoms with E-state index in [-0.39, 0.29) is 17.8 Å². The number of benzene rings is 1. The molecule has 126 valence electrons. The van der Waals surface area contributed by atoms with Crippen molar-refractivity contribution in [3.8, 4) is 0 Å². The molecule has 1 fully saturated rings. The summed E-state index contributed by atoms with van der Waals surface area (Å²) in [5, 5.41) is 0.524. The Kier molecular flexibility index (Phi) is 4.76. The molecule has 0 bridgehead atoms. The highest BCUT2D eigenvalue weighted by Crippen LogP contribution is 2.43. The Labute approximate surface area is 145 Å². The zero-order valence-corrected chi connectivity index (χ0v) is 14.8. The third-order valence-electron chi connectivity index (χ3n) is 4.13. The van der Waals surface area contributed by atoms with Gasteiger partial charge in [0.1, 0.15) is 0 Å². The highest BCUT2D eigenvalue weighted by Gasteiger charge is 2.47. The predicted molar refractivity (Wildman–Crippen MR) is 94.5 cm³/mol. The second kappa shape index (κ2) is 6.81. The third kappa shape index (κ3) is 2.75. The van der Waals surface area contributed by atoms with Gasteiger partial charge in [-0.2, -0.15) is 0 Å². The summed E-state index contributed by atoms with van der Waals surface area (Å²) in [7, 11) is 0. The number of amides is 1. The number of carbonyl (C=O) groups is 2. The smallest absolute Gasteiger partial charge is 0.338 e. The topological polar surface area (TPSA) is 59.0 Å². The summed E-state index contributed by atoms with van der Waals surface area (Å²) in [6, 6.07) is 9.11. The molecule has 2 atom stereocenters. The lowest BCUT2D eigenvalue weighted by atomic mass is 9.94. The van der Waals surface area contributed by atoms with E-state index < -0.39 is 12.0 Å². The molecular weight excluding hydrogens is 324 g/mol. The molecule has 0 aromatic heterocycles. The van der Waals surface area contributed by atoms with Crippen LogP contribution in [0.5, 0.6) is 0 Å². The largest absolute Gasteiger partial charge is 0.463 e. The van der Waals surface area contributed by atoms with Crippen LogP contribution in [0.4, 0.5) is 0 Å². The van der Waals surface area contributed by atoms with E-state index in [9.17, 15) is 9.59 Å². The van der Waals surface area contributed by atoms with Crippen molar-refractivity contribution >= 4 is 28.8 Å². The van der Waals surface area contributed by atoms with Crippen molar-refractivity contribution in [3.05, 3.63) is 47.2 Å². The van der Waals surface area contributed by atoms with E-state index in [0.29, 0.717) is 16.4 Å². The van der Waals surface area contributed by atoms with Crippen molar-refractivity contribution in [1.29, 1.82) is 0 Å². The van der Waals surface area contributed by atoms with Crippen LogP contribution in [-0.4, -0.2) is 33.8 Å². The normalized spacial score (nSPS) is 23.2. The SMILES string of the molecule is CCOC(=O)C1=C(C)N=C2SC(CC)C(=O)N2C1c1ccccc1. The number of hydrogen-bond acceptors (Lipinski definition) is 5. The van der Waals surface area contributed by atoms with Crippen LogP contribution in [0.25, 0.3) is 0 Å². The fourth-order valence-electron chi connectivity index (χ4n) is 3.01. The molecule has 0 saturated carbocycles. The quantitative estimate of drug-likeness (QED) is 0.787. The Morgan fingerprint density at radius 3 is 2.62 bits per heavy atom. The number of thioether (sulfide) groups is 1. The number of esters is 1. The Morgan fingerprint density at radius 2 is 2.00 bits per heavy atom. The van der Waals surface area contributed by atoms with Crippen molar-refractivity contribution in [2.45, 2.75) is 38.5 Å². The lowest BCUT2D eigenvalue weighted by molar-refractivity contribution is -0.139. The molecule has 2 aliphatic rings. The van der Waals surface area contributed by atoms with Crippen molar-refractivity contribution in [2.75, 3.05) is 6.61 Å². The van der Waals surface area contributed by atoms with Gasteiger partial charge in [-0.25, -0.2) is 9.79 Å². The molecule has 1 amide bonds. The summed E-state index contributed by atoms with van der Waals surface area (Å²) >= 11 is 1.47. The first kappa shape index (κ1) is 16.8. The number of hydrogen-bond donors (Lipinski definition) is 0. The van der Waals surface area contributed by atoms with Crippen LogP contribution in [0.15, 0.2) is 46.6 Å². The van der Waals surface area contributed by atoms with E-state index in [0.717, 1.165) is 12.0 Å². The summed E-state index contributed by atoms with van der Waals surface area (Å²) in [6.45, 7) is 5.84. The Bertz CT molecular complexity index is 727. The number of allylic oxidation sites excluding steroid dienone is 1. The zero-order valence-electron chi connectivity index (χ0n) is 14.0. The van der Waals surface area contributed by atoms with E-state index in [1.165, 1.54) is 11.8 Å². The molecule has 0 spiro atoms. The van der Waals surface area contributed by atoms with Gasteiger partial charge in [0.05, 0.1) is 29.2 Å². The first-order valence-electron chi connectivity index (χ1n) is 8.09. The summed E-state index contributed by atoms with van der Waals surface area (Å²) in [6.07, 6.45) is 0.730. The number of rotatable bonds is 4. The van der Waals surface area contributed by atoms with Crippen molar-refractivity contribution < 1.29 is 14.3 Å². The Balaban J connectivity index is 2.12. The highest BCUT2D eigenvalue weighted by atomic mass is 32.2. The molecule has 0 N–H and O–H groups in total. The molecule has 1 aromatic rings. The van der Waals surface area contributed by atoms with Crippen LogP contribution in [-0.2, 0) is 14.3 Å². The Morgan fingerprint density at radius 1 is 1.29 bits per heavy atom. The molecule has 6 heteroatoms. The molecule has 24 heavy (non-hydrogen) atoms. The number of carbonyl (C=O) groups excluding carboxylic acids is 2. The lowest BCUT2D eigenvalue weighted by Gasteiger charge is -2.33. The number of amidine groups is 1. The average Bonchev–Trinajstić information content (AvgIpc) is 2.90. The van der Waals surface area contributed by atoms with E-state index in [1.54, 1.807) is 18.7 Å². The minimum absolute atomic E-state index is 0.00408. The number of nitrogens with zero attached hydrogens (tertiary/aromatic N) is 2. The molecule has 2 heterocycles. The predicted octanol–water partition coefficient (Wildman–Crippen LogP) is 3.29. The van der Waals surface area contributed by atoms with Gasteiger partial charge in [-0.3, -0.25) is 9.69 Å². The van der Waals surface area contributed by atoms with Gasteiger partial charge in [0.15, 0.2) is 5.17 Å². The fourth-order valence-corrected chi connectivity index (χ4v) is 4.14. The number of ether oxygens (including phenoxy) is 1. The summed E-state index contributed by atoms with van der Waals surface area (Å²) < 4.78 is 5.23. The second-order valence-corrected chi connectivity index (χ2v) is 6.82. The maximum atomic E-state index is 12.8. The van der Waals surface area contributed by atoms with E-state index in [2.05, 4.69) is 4.99 Å². The molecule has 3 rings (SSSR count). The van der Waals surface area contributed by atoms with Gasteiger partial charge in [0, 0.05) is 0 Å². The van der Waals surface area contributed by atoms with E-state index in [4.69, 9.17) is 4.74 Å². The maximum Gasteiger partial charge on any atom is 0.338 e. The zero-order chi connectivity index (χ0) is 17.3. The highest BCUT2D eigenvalue weighted by molar-refractivity contribution is 8.15. The average molecular weight is 344 g/mol. The monoisotopic (exact) mass is 344 g/mol. The van der Waals surface area contributed by atoms with Crippen LogP contribution < -0.4 is 0 Å². The van der Waals surface area contributed by atoms with Crippen LogP contribution in [0.1, 0.15) is 38.8 Å². The standard InChI is InChI=1S/C18H20N2O3S/c1-4-13-16(21)20-15(12-9-7-6-8-10-12)14(17(22)23-5-2)11(3)19-18(20)24-13/h6-10,13,15H,4-5H2,1-3H3. The maximum absolute atomic E-state index is 12.8. The lowest BCUT2D eigenvalue weighted by Crippen LogP contribution is -2.40. The molecule has 2 unspecified atom stereocenters.